The van der Waals surface area contributed by atoms with Crippen LogP contribution in [0.4, 0.5) is 0 Å². The minimum absolute atomic E-state index is 0.0367. The molecule has 1 aromatic heterocycles. The molecule has 1 fully saturated rings. The van der Waals surface area contributed by atoms with Gasteiger partial charge in [-0.1, -0.05) is 12.5 Å². The molecule has 0 spiro atoms. The predicted molar refractivity (Wildman–Crippen MR) is 69.4 cm³/mol. The molecule has 2 atom stereocenters. The summed E-state index contributed by atoms with van der Waals surface area (Å²) in [6.07, 6.45) is 3.23. The van der Waals surface area contributed by atoms with Gasteiger partial charge in [-0.3, -0.25) is 4.79 Å². The molecule has 0 unspecified atom stereocenters. The average Bonchev–Trinajstić information content (AvgIpc) is 2.39. The van der Waals surface area contributed by atoms with Gasteiger partial charge in [0.05, 0.1) is 10.7 Å². The number of aromatic nitrogens is 1. The molecule has 1 N–H and O–H groups in total. The van der Waals surface area contributed by atoms with Crippen molar-refractivity contribution in [1.82, 2.24) is 4.98 Å². The molecule has 1 saturated carbocycles. The maximum atomic E-state index is 12.4. The highest BCUT2D eigenvalue weighted by Crippen LogP contribution is 2.40. The monoisotopic (exact) mass is 283 g/mol. The van der Waals surface area contributed by atoms with E-state index in [0.717, 1.165) is 0 Å². The van der Waals surface area contributed by atoms with Gasteiger partial charge in [-0.15, -0.1) is 0 Å². The maximum Gasteiger partial charge on any atom is 0.309 e. The molecule has 0 amide bonds. The first kappa shape index (κ1) is 14.0. The SMILES string of the molecule is C[C@@]1(C(=O)O)CCC[C@@H](S(=O)(=O)c2ccccn2)C1. The molecule has 5 nitrogen and oxygen atoms in total. The van der Waals surface area contributed by atoms with Crippen LogP contribution in [0.2, 0.25) is 0 Å². The Hall–Kier alpha value is -1.43. The minimum Gasteiger partial charge on any atom is -0.481 e. The van der Waals surface area contributed by atoms with Crippen LogP contribution in [0.3, 0.4) is 0 Å². The Balaban J connectivity index is 2.30. The van der Waals surface area contributed by atoms with Gasteiger partial charge in [-0.2, -0.15) is 0 Å². The van der Waals surface area contributed by atoms with Crippen molar-refractivity contribution in [2.45, 2.75) is 42.9 Å². The van der Waals surface area contributed by atoms with E-state index in [-0.39, 0.29) is 11.4 Å². The van der Waals surface area contributed by atoms with E-state index in [0.29, 0.717) is 19.3 Å². The second-order valence-electron chi connectivity index (χ2n) is 5.30. The molecule has 0 saturated heterocycles. The summed E-state index contributed by atoms with van der Waals surface area (Å²) in [5.41, 5.74) is -0.954. The smallest absolute Gasteiger partial charge is 0.309 e. The molecule has 2 rings (SSSR count). The van der Waals surface area contributed by atoms with E-state index in [4.69, 9.17) is 0 Å². The van der Waals surface area contributed by atoms with Crippen LogP contribution in [0.5, 0.6) is 0 Å². The van der Waals surface area contributed by atoms with Crippen molar-refractivity contribution in [3.05, 3.63) is 24.4 Å². The molecule has 1 heterocycles. The van der Waals surface area contributed by atoms with Crippen LogP contribution in [0.25, 0.3) is 0 Å². The van der Waals surface area contributed by atoms with E-state index in [1.165, 1.54) is 12.3 Å². The van der Waals surface area contributed by atoms with E-state index < -0.39 is 26.5 Å². The molecule has 1 aliphatic rings. The molecule has 19 heavy (non-hydrogen) atoms. The summed E-state index contributed by atoms with van der Waals surface area (Å²) < 4.78 is 24.9. The standard InChI is InChI=1S/C13H17NO4S/c1-13(12(15)16)7-4-5-10(9-13)19(17,18)11-6-2-3-8-14-11/h2-3,6,8,10H,4-5,7,9H2,1H3,(H,15,16)/t10-,13-/m1/s1. The van der Waals surface area contributed by atoms with Crippen molar-refractivity contribution in [3.63, 3.8) is 0 Å². The number of hydrogen-bond acceptors (Lipinski definition) is 4. The van der Waals surface area contributed by atoms with Crippen molar-refractivity contribution in [2.24, 2.45) is 5.41 Å². The zero-order valence-electron chi connectivity index (χ0n) is 10.7. The third-order valence-corrected chi connectivity index (χ3v) is 5.92. The van der Waals surface area contributed by atoms with Gasteiger partial charge in [-0.05, 0) is 38.3 Å². The Morgan fingerprint density at radius 3 is 2.79 bits per heavy atom. The van der Waals surface area contributed by atoms with Crippen molar-refractivity contribution < 1.29 is 18.3 Å². The lowest BCUT2D eigenvalue weighted by atomic mass is 9.75. The fourth-order valence-corrected chi connectivity index (χ4v) is 4.45. The lowest BCUT2D eigenvalue weighted by Gasteiger charge is -2.34. The number of rotatable bonds is 3. The van der Waals surface area contributed by atoms with Gasteiger partial charge < -0.3 is 5.11 Å². The van der Waals surface area contributed by atoms with Crippen molar-refractivity contribution in [1.29, 1.82) is 0 Å². The van der Waals surface area contributed by atoms with E-state index in [9.17, 15) is 18.3 Å². The van der Waals surface area contributed by atoms with Gasteiger partial charge >= 0.3 is 5.97 Å². The predicted octanol–water partition coefficient (Wildman–Crippen LogP) is 1.89. The number of nitrogens with zero attached hydrogens (tertiary/aromatic N) is 1. The first-order valence-electron chi connectivity index (χ1n) is 6.24. The lowest BCUT2D eigenvalue weighted by Crippen LogP contribution is -2.39. The minimum atomic E-state index is -3.54. The van der Waals surface area contributed by atoms with E-state index in [1.807, 2.05) is 0 Å². The largest absolute Gasteiger partial charge is 0.481 e. The Morgan fingerprint density at radius 2 is 2.21 bits per heavy atom. The molecular formula is C13H17NO4S. The van der Waals surface area contributed by atoms with Crippen LogP contribution in [0.1, 0.15) is 32.6 Å². The molecule has 0 bridgehead atoms. The Kier molecular flexibility index (Phi) is 3.62. The van der Waals surface area contributed by atoms with Crippen LogP contribution in [-0.4, -0.2) is 29.7 Å². The van der Waals surface area contributed by atoms with E-state index >= 15 is 0 Å². The number of carboxylic acids is 1. The fourth-order valence-electron chi connectivity index (χ4n) is 2.57. The third-order valence-electron chi connectivity index (χ3n) is 3.82. The van der Waals surface area contributed by atoms with Crippen molar-refractivity contribution in [2.75, 3.05) is 0 Å². The van der Waals surface area contributed by atoms with Gasteiger partial charge in [0.1, 0.15) is 0 Å². The highest BCUT2D eigenvalue weighted by atomic mass is 32.2. The van der Waals surface area contributed by atoms with Gasteiger partial charge in [0.25, 0.3) is 0 Å². The third kappa shape index (κ3) is 2.63. The first-order valence-corrected chi connectivity index (χ1v) is 7.79. The molecule has 0 aliphatic heterocycles. The molecular weight excluding hydrogens is 266 g/mol. The topological polar surface area (TPSA) is 84.3 Å². The van der Waals surface area contributed by atoms with Gasteiger partial charge in [0.2, 0.25) is 0 Å². The normalized spacial score (nSPS) is 27.9. The highest BCUT2D eigenvalue weighted by molar-refractivity contribution is 7.92. The second-order valence-corrected chi connectivity index (χ2v) is 7.47. The maximum absolute atomic E-state index is 12.4. The molecule has 0 radical (unpaired) electrons. The van der Waals surface area contributed by atoms with Gasteiger partial charge in [-0.25, -0.2) is 13.4 Å². The quantitative estimate of drug-likeness (QED) is 0.915. The molecule has 1 aromatic rings. The van der Waals surface area contributed by atoms with E-state index in [2.05, 4.69) is 4.98 Å². The average molecular weight is 283 g/mol. The van der Waals surface area contributed by atoms with Gasteiger partial charge in [0.15, 0.2) is 14.9 Å². The fraction of sp³-hybridized carbons (Fsp3) is 0.538. The Labute approximate surface area is 112 Å². The number of carbonyl (C=O) groups is 1. The molecule has 6 heteroatoms. The number of carboxylic acid groups (broad SMARTS) is 1. The molecule has 104 valence electrons. The van der Waals surface area contributed by atoms with Gasteiger partial charge in [0, 0.05) is 6.20 Å². The number of pyridine rings is 1. The summed E-state index contributed by atoms with van der Waals surface area (Å²) in [5.74, 6) is -0.923. The van der Waals surface area contributed by atoms with Crippen LogP contribution < -0.4 is 0 Å². The Bertz CT molecular complexity index is 570. The number of hydrogen-bond donors (Lipinski definition) is 1. The van der Waals surface area contributed by atoms with Crippen LogP contribution in [0.15, 0.2) is 29.4 Å². The van der Waals surface area contributed by atoms with Crippen molar-refractivity contribution >= 4 is 15.8 Å². The zero-order chi connectivity index (χ0) is 14.1. The summed E-state index contributed by atoms with van der Waals surface area (Å²) in [6.45, 7) is 1.62. The second kappa shape index (κ2) is 4.92. The van der Waals surface area contributed by atoms with Crippen LogP contribution in [0, 0.1) is 5.41 Å². The molecule has 0 aromatic carbocycles. The van der Waals surface area contributed by atoms with Crippen molar-refractivity contribution in [3.8, 4) is 0 Å². The van der Waals surface area contributed by atoms with Crippen LogP contribution >= 0.6 is 0 Å². The summed E-state index contributed by atoms with van der Waals surface area (Å²) in [6, 6.07) is 4.74. The summed E-state index contributed by atoms with van der Waals surface area (Å²) in [4.78, 5) is 15.2. The highest BCUT2D eigenvalue weighted by Gasteiger charge is 2.43. The summed E-state index contributed by atoms with van der Waals surface area (Å²) in [7, 11) is -3.54. The Morgan fingerprint density at radius 1 is 1.47 bits per heavy atom. The number of aliphatic carboxylic acids is 1. The number of sulfone groups is 1. The molecule has 1 aliphatic carbocycles. The first-order chi connectivity index (χ1) is 8.86. The summed E-state index contributed by atoms with van der Waals surface area (Å²) in [5, 5.41) is 8.62. The lowest BCUT2D eigenvalue weighted by molar-refractivity contribution is -0.149. The zero-order valence-corrected chi connectivity index (χ0v) is 11.6. The van der Waals surface area contributed by atoms with Crippen LogP contribution in [-0.2, 0) is 14.6 Å². The van der Waals surface area contributed by atoms with E-state index in [1.54, 1.807) is 19.1 Å². The summed E-state index contributed by atoms with van der Waals surface area (Å²) >= 11 is 0.